The smallest absolute Gasteiger partial charge is 0.461 e. The number of rotatable bonds is 7. The molecule has 0 atom stereocenters. The molecule has 0 unspecified atom stereocenters. The number of para-hydroxylation sites is 2. The van der Waals surface area contributed by atoms with Crippen LogP contribution in [0.15, 0.2) is 24.3 Å². The number of benzene rings is 1. The predicted octanol–water partition coefficient (Wildman–Crippen LogP) is 0.455. The van der Waals surface area contributed by atoms with Gasteiger partial charge in [0.2, 0.25) is 5.10 Å². The van der Waals surface area contributed by atoms with E-state index in [4.69, 9.17) is 9.47 Å². The number of nitrogens with one attached hydrogen (secondary N) is 2. The summed E-state index contributed by atoms with van der Waals surface area (Å²) in [6.45, 7) is 6.47. The number of anilines is 1. The molecule has 0 aliphatic carbocycles. The highest BCUT2D eigenvalue weighted by molar-refractivity contribution is 5.67. The molecule has 0 fully saturated rings. The molecular weight excluding hydrogens is 342 g/mol. The van der Waals surface area contributed by atoms with E-state index in [1.807, 2.05) is 0 Å². The number of nitrogens with zero attached hydrogens (tertiary/aromatic N) is 3. The van der Waals surface area contributed by atoms with Crippen LogP contribution in [0.1, 0.15) is 20.8 Å². The SMILES string of the molecule is CC(C)(C)OC(=O)NCCOCCNc1n[n+]([O-])c2ccccc2[n+]1[O-]. The number of ether oxygens (including phenoxy) is 2. The molecule has 0 saturated heterocycles. The lowest BCUT2D eigenvalue weighted by Crippen LogP contribution is -2.44. The molecular formula is C16H23N5O5. The molecule has 0 saturated carbocycles. The van der Waals surface area contributed by atoms with Crippen LogP contribution in [-0.4, -0.2) is 43.1 Å². The van der Waals surface area contributed by atoms with Gasteiger partial charge in [0.15, 0.2) is 5.52 Å². The van der Waals surface area contributed by atoms with Gasteiger partial charge in [0, 0.05) is 17.5 Å². The first-order valence-corrected chi connectivity index (χ1v) is 8.18. The quantitative estimate of drug-likeness (QED) is 0.414. The van der Waals surface area contributed by atoms with Crippen LogP contribution >= 0.6 is 0 Å². The lowest BCUT2D eigenvalue weighted by atomic mass is 10.2. The van der Waals surface area contributed by atoms with E-state index in [0.29, 0.717) is 16.1 Å². The summed E-state index contributed by atoms with van der Waals surface area (Å²) in [5.74, 6) is -0.103. The fourth-order valence-electron chi connectivity index (χ4n) is 2.08. The van der Waals surface area contributed by atoms with E-state index in [9.17, 15) is 15.2 Å². The Bertz CT molecular complexity index is 763. The fourth-order valence-corrected chi connectivity index (χ4v) is 2.08. The largest absolute Gasteiger partial charge is 0.739 e. The Balaban J connectivity index is 1.72. The van der Waals surface area contributed by atoms with E-state index >= 15 is 0 Å². The van der Waals surface area contributed by atoms with Crippen LogP contribution in [0, 0.1) is 10.4 Å². The summed E-state index contributed by atoms with van der Waals surface area (Å²) in [6.07, 6.45) is -0.507. The van der Waals surface area contributed by atoms with E-state index in [-0.39, 0.29) is 36.7 Å². The molecule has 0 aliphatic rings. The fraction of sp³-hybridized carbons (Fsp3) is 0.500. The van der Waals surface area contributed by atoms with Gasteiger partial charge >= 0.3 is 12.0 Å². The molecule has 1 amide bonds. The second-order valence-corrected chi connectivity index (χ2v) is 6.45. The van der Waals surface area contributed by atoms with Gasteiger partial charge in [0.1, 0.15) is 5.60 Å². The lowest BCUT2D eigenvalue weighted by molar-refractivity contribution is -0.672. The van der Waals surface area contributed by atoms with Crippen molar-refractivity contribution in [3.8, 4) is 0 Å². The molecule has 26 heavy (non-hydrogen) atoms. The zero-order chi connectivity index (χ0) is 19.2. The molecule has 2 rings (SSSR count). The predicted molar refractivity (Wildman–Crippen MR) is 93.2 cm³/mol. The van der Waals surface area contributed by atoms with Gasteiger partial charge in [0.05, 0.1) is 19.8 Å². The highest BCUT2D eigenvalue weighted by atomic mass is 16.6. The Morgan fingerprint density at radius 1 is 1.15 bits per heavy atom. The monoisotopic (exact) mass is 365 g/mol. The summed E-state index contributed by atoms with van der Waals surface area (Å²) >= 11 is 0. The van der Waals surface area contributed by atoms with Gasteiger partial charge in [-0.1, -0.05) is 12.1 Å². The van der Waals surface area contributed by atoms with Crippen molar-refractivity contribution >= 4 is 23.1 Å². The number of hydrogen-bond acceptors (Lipinski definition) is 7. The van der Waals surface area contributed by atoms with Crippen LogP contribution in [0.5, 0.6) is 0 Å². The number of aromatic nitrogens is 3. The van der Waals surface area contributed by atoms with Gasteiger partial charge in [-0.2, -0.15) is 0 Å². The minimum Gasteiger partial charge on any atom is -0.739 e. The minimum atomic E-state index is -0.548. The highest BCUT2D eigenvalue weighted by Gasteiger charge is 2.19. The van der Waals surface area contributed by atoms with Gasteiger partial charge in [0.25, 0.3) is 5.52 Å². The standard InChI is InChI=1S/C16H23N5O5/c1-16(2,3)26-15(22)18-9-11-25-10-8-17-14-19-21(24)13-7-5-4-6-12(13)20(14)23/h4-7H,8-11H2,1-3H3,(H,17,19)(H,18,22). The van der Waals surface area contributed by atoms with Gasteiger partial charge < -0.3 is 25.2 Å². The van der Waals surface area contributed by atoms with Crippen molar-refractivity contribution in [1.29, 1.82) is 0 Å². The number of fused-ring (bicyclic) bond motifs is 1. The van der Waals surface area contributed by atoms with Crippen molar-refractivity contribution in [2.24, 2.45) is 0 Å². The molecule has 10 heteroatoms. The van der Waals surface area contributed by atoms with E-state index in [0.717, 1.165) is 0 Å². The number of carbonyl (C=O) groups is 1. The average molecular weight is 365 g/mol. The van der Waals surface area contributed by atoms with Gasteiger partial charge in [-0.3, -0.25) is 5.32 Å². The van der Waals surface area contributed by atoms with Crippen LogP contribution in [-0.2, 0) is 9.47 Å². The Morgan fingerprint density at radius 3 is 2.50 bits per heavy atom. The Hall–Kier alpha value is -2.88. The number of carbonyl (C=O) groups excluding carboxylic acids is 1. The maximum atomic E-state index is 12.2. The van der Waals surface area contributed by atoms with Crippen molar-refractivity contribution in [1.82, 2.24) is 10.4 Å². The summed E-state index contributed by atoms with van der Waals surface area (Å²) in [4.78, 5) is 11.8. The van der Waals surface area contributed by atoms with E-state index in [1.54, 1.807) is 39.0 Å². The summed E-state index contributed by atoms with van der Waals surface area (Å²) in [5.41, 5.74) is -0.131. The third kappa shape index (κ3) is 5.59. The minimum absolute atomic E-state index is 0.103. The van der Waals surface area contributed by atoms with Gasteiger partial charge in [-0.25, -0.2) is 9.52 Å². The normalized spacial score (nSPS) is 11.3. The number of hydrogen-bond donors (Lipinski definition) is 2. The highest BCUT2D eigenvalue weighted by Crippen LogP contribution is 2.06. The molecule has 142 valence electrons. The second-order valence-electron chi connectivity index (χ2n) is 6.45. The third-order valence-corrected chi connectivity index (χ3v) is 3.13. The van der Waals surface area contributed by atoms with Crippen molar-refractivity contribution in [2.75, 3.05) is 31.6 Å². The Morgan fingerprint density at radius 2 is 1.81 bits per heavy atom. The molecule has 0 bridgehead atoms. The molecule has 0 aliphatic heterocycles. The summed E-state index contributed by atoms with van der Waals surface area (Å²) in [5, 5.41) is 33.0. The van der Waals surface area contributed by atoms with Gasteiger partial charge in [-0.05, 0) is 26.8 Å². The van der Waals surface area contributed by atoms with Crippen LogP contribution < -0.4 is 20.2 Å². The molecule has 2 N–H and O–H groups in total. The zero-order valence-corrected chi connectivity index (χ0v) is 15.0. The second kappa shape index (κ2) is 8.48. The van der Waals surface area contributed by atoms with Crippen molar-refractivity contribution in [3.63, 3.8) is 0 Å². The van der Waals surface area contributed by atoms with E-state index in [2.05, 4.69) is 15.7 Å². The van der Waals surface area contributed by atoms with Crippen molar-refractivity contribution in [2.45, 2.75) is 26.4 Å². The average Bonchev–Trinajstić information content (AvgIpc) is 2.56. The number of amides is 1. The summed E-state index contributed by atoms with van der Waals surface area (Å²) in [6, 6.07) is 6.39. The van der Waals surface area contributed by atoms with Crippen molar-refractivity contribution < 1.29 is 23.8 Å². The first-order chi connectivity index (χ1) is 12.3. The summed E-state index contributed by atoms with van der Waals surface area (Å²) < 4.78 is 11.0. The zero-order valence-electron chi connectivity index (χ0n) is 15.0. The number of alkyl carbamates (subject to hydrolysis) is 1. The first kappa shape index (κ1) is 19.4. The molecule has 0 spiro atoms. The first-order valence-electron chi connectivity index (χ1n) is 8.18. The Kier molecular flexibility index (Phi) is 6.34. The maximum absolute atomic E-state index is 12.2. The summed E-state index contributed by atoms with van der Waals surface area (Å²) in [7, 11) is 0. The lowest BCUT2D eigenvalue weighted by Gasteiger charge is -2.19. The third-order valence-electron chi connectivity index (χ3n) is 3.13. The molecule has 10 nitrogen and oxygen atoms in total. The maximum Gasteiger partial charge on any atom is 0.461 e. The van der Waals surface area contributed by atoms with Crippen LogP contribution in [0.2, 0.25) is 0 Å². The van der Waals surface area contributed by atoms with E-state index in [1.165, 1.54) is 6.07 Å². The van der Waals surface area contributed by atoms with Crippen LogP contribution in [0.3, 0.4) is 0 Å². The Labute approximate surface area is 150 Å². The van der Waals surface area contributed by atoms with E-state index < -0.39 is 11.7 Å². The van der Waals surface area contributed by atoms with Crippen molar-refractivity contribution in [3.05, 3.63) is 34.7 Å². The van der Waals surface area contributed by atoms with Gasteiger partial charge in [-0.15, -0.1) is 0 Å². The molecule has 1 aromatic heterocycles. The molecule has 0 radical (unpaired) electrons. The molecule has 2 aromatic rings. The van der Waals surface area contributed by atoms with Crippen LogP contribution in [0.25, 0.3) is 11.0 Å². The van der Waals surface area contributed by atoms with Crippen LogP contribution in [0.4, 0.5) is 10.7 Å². The topological polar surface area (TPSA) is 126 Å². The molecule has 1 aromatic carbocycles. The molecule has 1 heterocycles.